The summed E-state index contributed by atoms with van der Waals surface area (Å²) in [6.07, 6.45) is 0. The molecule has 0 aliphatic carbocycles. The number of benzene rings is 3. The highest BCUT2D eigenvalue weighted by Gasteiger charge is 2.21. The topological polar surface area (TPSA) is 106 Å². The summed E-state index contributed by atoms with van der Waals surface area (Å²) in [5.74, 6) is -1.26. The molecular formula is C28H27N3O5S. The van der Waals surface area contributed by atoms with Gasteiger partial charge >= 0.3 is 5.97 Å². The molecule has 0 fully saturated rings. The predicted octanol–water partition coefficient (Wildman–Crippen LogP) is 4.56. The number of aryl methyl sites for hydroxylation is 2. The second-order valence-electron chi connectivity index (χ2n) is 8.83. The zero-order valence-corrected chi connectivity index (χ0v) is 21.8. The third kappa shape index (κ3) is 5.68. The first-order valence-corrected chi connectivity index (χ1v) is 13.0. The van der Waals surface area contributed by atoms with E-state index in [4.69, 9.17) is 4.74 Å². The van der Waals surface area contributed by atoms with Crippen LogP contribution in [0.25, 0.3) is 22.2 Å². The zero-order valence-electron chi connectivity index (χ0n) is 21.0. The van der Waals surface area contributed by atoms with Gasteiger partial charge in [-0.2, -0.15) is 0 Å². The van der Waals surface area contributed by atoms with Gasteiger partial charge in [-0.15, -0.1) is 0 Å². The maximum atomic E-state index is 13.1. The fourth-order valence-electron chi connectivity index (χ4n) is 3.82. The first-order valence-electron chi connectivity index (χ1n) is 11.5. The second kappa shape index (κ2) is 10.5. The van der Waals surface area contributed by atoms with Crippen molar-refractivity contribution in [2.24, 2.45) is 0 Å². The van der Waals surface area contributed by atoms with Crippen molar-refractivity contribution in [2.75, 3.05) is 26.0 Å². The minimum absolute atomic E-state index is 0.0827. The van der Waals surface area contributed by atoms with E-state index in [1.807, 2.05) is 55.5 Å². The molecule has 0 spiro atoms. The lowest BCUT2D eigenvalue weighted by atomic mass is 10.0. The number of carbonyl (C=O) groups is 2. The van der Waals surface area contributed by atoms with E-state index < -0.39 is 28.5 Å². The molecule has 1 aromatic heterocycles. The van der Waals surface area contributed by atoms with E-state index in [-0.39, 0.29) is 10.6 Å². The van der Waals surface area contributed by atoms with Crippen molar-refractivity contribution in [3.8, 4) is 11.3 Å². The van der Waals surface area contributed by atoms with Crippen molar-refractivity contribution in [2.45, 2.75) is 18.7 Å². The van der Waals surface area contributed by atoms with Crippen LogP contribution in [0.4, 0.5) is 5.69 Å². The predicted molar refractivity (Wildman–Crippen MR) is 143 cm³/mol. The Morgan fingerprint density at radius 1 is 0.946 bits per heavy atom. The number of anilines is 1. The van der Waals surface area contributed by atoms with E-state index in [2.05, 4.69) is 10.3 Å². The molecule has 8 nitrogen and oxygen atoms in total. The maximum Gasteiger partial charge on any atom is 0.339 e. The smallest absolute Gasteiger partial charge is 0.339 e. The Balaban J connectivity index is 1.55. The number of carbonyl (C=O) groups excluding carboxylic acids is 2. The number of amides is 1. The molecule has 0 atom stereocenters. The highest BCUT2D eigenvalue weighted by molar-refractivity contribution is 7.89. The monoisotopic (exact) mass is 517 g/mol. The Morgan fingerprint density at radius 2 is 1.68 bits per heavy atom. The van der Waals surface area contributed by atoms with Crippen molar-refractivity contribution in [1.29, 1.82) is 0 Å². The molecule has 4 aromatic rings. The maximum absolute atomic E-state index is 13.1. The van der Waals surface area contributed by atoms with Gasteiger partial charge in [0.25, 0.3) is 5.91 Å². The summed E-state index contributed by atoms with van der Waals surface area (Å²) in [5.41, 5.74) is 4.18. The number of ether oxygens (including phenoxy) is 1. The highest BCUT2D eigenvalue weighted by atomic mass is 32.2. The van der Waals surface area contributed by atoms with Crippen LogP contribution in [-0.4, -0.2) is 50.3 Å². The summed E-state index contributed by atoms with van der Waals surface area (Å²) in [5, 5.41) is 3.23. The van der Waals surface area contributed by atoms with Crippen LogP contribution in [0.5, 0.6) is 0 Å². The number of nitrogens with zero attached hydrogens (tertiary/aromatic N) is 2. The first-order chi connectivity index (χ1) is 17.6. The van der Waals surface area contributed by atoms with Crippen LogP contribution in [0.15, 0.2) is 77.7 Å². The fourth-order valence-corrected chi connectivity index (χ4v) is 4.97. The number of rotatable bonds is 7. The van der Waals surface area contributed by atoms with Gasteiger partial charge in [-0.1, -0.05) is 48.0 Å². The normalized spacial score (nSPS) is 11.5. The van der Waals surface area contributed by atoms with Crippen LogP contribution in [0, 0.1) is 13.8 Å². The number of nitrogens with one attached hydrogen (secondary N) is 1. The van der Waals surface area contributed by atoms with Crippen molar-refractivity contribution in [1.82, 2.24) is 9.29 Å². The average Bonchev–Trinajstić information content (AvgIpc) is 2.88. The molecule has 37 heavy (non-hydrogen) atoms. The molecular weight excluding hydrogens is 490 g/mol. The van der Waals surface area contributed by atoms with Gasteiger partial charge in [0.2, 0.25) is 10.0 Å². The van der Waals surface area contributed by atoms with E-state index >= 15 is 0 Å². The minimum Gasteiger partial charge on any atom is -0.452 e. The van der Waals surface area contributed by atoms with Gasteiger partial charge in [0, 0.05) is 30.7 Å². The summed E-state index contributed by atoms with van der Waals surface area (Å²) in [6.45, 7) is 3.05. The van der Waals surface area contributed by atoms with Gasteiger partial charge in [-0.3, -0.25) is 4.79 Å². The molecule has 0 aliphatic rings. The van der Waals surface area contributed by atoms with Crippen LogP contribution in [0.1, 0.15) is 21.5 Å². The molecule has 0 radical (unpaired) electrons. The van der Waals surface area contributed by atoms with E-state index in [1.165, 1.54) is 20.2 Å². The Morgan fingerprint density at radius 3 is 2.38 bits per heavy atom. The quantitative estimate of drug-likeness (QED) is 0.360. The Kier molecular flexibility index (Phi) is 7.37. The number of hydrogen-bond acceptors (Lipinski definition) is 6. The summed E-state index contributed by atoms with van der Waals surface area (Å²) >= 11 is 0. The van der Waals surface area contributed by atoms with Crippen molar-refractivity contribution < 1.29 is 22.7 Å². The second-order valence-corrected chi connectivity index (χ2v) is 11.0. The van der Waals surface area contributed by atoms with Crippen molar-refractivity contribution in [3.63, 3.8) is 0 Å². The van der Waals surface area contributed by atoms with Gasteiger partial charge in [-0.05, 0) is 49.7 Å². The number of sulfonamides is 1. The summed E-state index contributed by atoms with van der Waals surface area (Å²) in [7, 11) is -0.813. The Bertz CT molecular complexity index is 1600. The van der Waals surface area contributed by atoms with Crippen LogP contribution in [0.3, 0.4) is 0 Å². The number of esters is 1. The molecule has 9 heteroatoms. The molecule has 0 unspecified atom stereocenters. The molecule has 0 aliphatic heterocycles. The molecule has 4 rings (SSSR count). The van der Waals surface area contributed by atoms with Crippen LogP contribution in [0.2, 0.25) is 0 Å². The number of hydrogen-bond donors (Lipinski definition) is 1. The van der Waals surface area contributed by atoms with Crippen molar-refractivity contribution in [3.05, 3.63) is 89.5 Å². The molecule has 0 bridgehead atoms. The largest absolute Gasteiger partial charge is 0.452 e. The van der Waals surface area contributed by atoms with E-state index in [0.29, 0.717) is 27.7 Å². The number of aromatic nitrogens is 1. The Labute approximate surface area is 216 Å². The van der Waals surface area contributed by atoms with Crippen molar-refractivity contribution >= 4 is 38.5 Å². The van der Waals surface area contributed by atoms with Gasteiger partial charge in [0.1, 0.15) is 0 Å². The third-order valence-electron chi connectivity index (χ3n) is 5.82. The molecule has 0 saturated heterocycles. The van der Waals surface area contributed by atoms with Crippen LogP contribution >= 0.6 is 0 Å². The lowest BCUT2D eigenvalue weighted by Crippen LogP contribution is -2.24. The fraction of sp³-hybridized carbons (Fsp3) is 0.179. The van der Waals surface area contributed by atoms with E-state index in [0.717, 1.165) is 15.4 Å². The molecule has 3 aromatic carbocycles. The number of fused-ring (bicyclic) bond motifs is 1. The molecule has 0 saturated carbocycles. The van der Waals surface area contributed by atoms with Crippen LogP contribution in [-0.2, 0) is 19.6 Å². The van der Waals surface area contributed by atoms with E-state index in [1.54, 1.807) is 25.1 Å². The SMILES string of the molecule is Cc1ccc2nc(-c3ccccc3)cc(C(=O)OCC(=O)Nc3ccc(C)c(S(=O)(=O)N(C)C)c3)c2c1. The lowest BCUT2D eigenvalue weighted by molar-refractivity contribution is -0.119. The minimum atomic E-state index is -3.69. The highest BCUT2D eigenvalue weighted by Crippen LogP contribution is 2.26. The molecule has 190 valence electrons. The molecule has 1 amide bonds. The Hall–Kier alpha value is -4.08. The standard InChI is InChI=1S/C28H27N3O5S/c1-18-10-13-24-22(14-18)23(16-25(30-24)20-8-6-5-7-9-20)28(33)36-17-27(32)29-21-12-11-19(2)26(15-21)37(34,35)31(3)4/h5-16H,17H2,1-4H3,(H,29,32). The summed E-state index contributed by atoms with van der Waals surface area (Å²) < 4.78 is 31.6. The van der Waals surface area contributed by atoms with Gasteiger partial charge in [0.15, 0.2) is 6.61 Å². The van der Waals surface area contributed by atoms with Gasteiger partial charge < -0.3 is 10.1 Å². The molecule has 1 heterocycles. The van der Waals surface area contributed by atoms with Gasteiger partial charge in [0.05, 0.1) is 21.7 Å². The molecule has 1 N–H and O–H groups in total. The summed E-state index contributed by atoms with van der Waals surface area (Å²) in [4.78, 5) is 30.4. The third-order valence-corrected chi connectivity index (χ3v) is 7.78. The van der Waals surface area contributed by atoms with Crippen LogP contribution < -0.4 is 5.32 Å². The number of pyridine rings is 1. The summed E-state index contributed by atoms with van der Waals surface area (Å²) in [6, 6.07) is 21.3. The van der Waals surface area contributed by atoms with E-state index in [9.17, 15) is 18.0 Å². The van der Waals surface area contributed by atoms with Gasteiger partial charge in [-0.25, -0.2) is 22.5 Å². The first kappa shape index (κ1) is 26.0. The lowest BCUT2D eigenvalue weighted by Gasteiger charge is -2.15. The zero-order chi connectivity index (χ0) is 26.7. The average molecular weight is 518 g/mol.